The van der Waals surface area contributed by atoms with Crippen LogP contribution in [0.4, 0.5) is 18.9 Å². The number of hydrogen-bond donors (Lipinski definition) is 1. The van der Waals surface area contributed by atoms with Gasteiger partial charge in [0.25, 0.3) is 0 Å². The number of amides is 2. The van der Waals surface area contributed by atoms with Crippen molar-refractivity contribution in [3.8, 4) is 0 Å². The quantitative estimate of drug-likeness (QED) is 0.848. The monoisotopic (exact) mass is 385 g/mol. The van der Waals surface area contributed by atoms with Gasteiger partial charge in [-0.1, -0.05) is 17.7 Å². The Hall–Kier alpha value is -2.09. The Bertz CT molecular complexity index is 661. The Morgan fingerprint density at radius 2 is 1.93 bits per heavy atom. The Morgan fingerprint density at radius 3 is 2.52 bits per heavy atom. The topological polar surface area (TPSA) is 52.7 Å². The third kappa shape index (κ3) is 5.95. The van der Waals surface area contributed by atoms with Crippen LogP contribution >= 0.6 is 0 Å². The Kier molecular flexibility index (Phi) is 6.86. The molecule has 0 aliphatic carbocycles. The first kappa shape index (κ1) is 21.2. The summed E-state index contributed by atoms with van der Waals surface area (Å²) in [5, 5.41) is 2.71. The van der Waals surface area contributed by atoms with Crippen LogP contribution in [0.5, 0.6) is 0 Å². The first-order valence-corrected chi connectivity index (χ1v) is 9.00. The summed E-state index contributed by atoms with van der Waals surface area (Å²) in [6.07, 6.45) is -3.75. The van der Waals surface area contributed by atoms with Crippen molar-refractivity contribution >= 4 is 17.5 Å². The fourth-order valence-electron chi connectivity index (χ4n) is 3.23. The summed E-state index contributed by atoms with van der Waals surface area (Å²) >= 11 is 0. The highest BCUT2D eigenvalue weighted by atomic mass is 19.4. The Morgan fingerprint density at radius 1 is 1.30 bits per heavy atom. The lowest BCUT2D eigenvalue weighted by molar-refractivity contribution is -0.189. The first-order valence-electron chi connectivity index (χ1n) is 9.00. The molecule has 8 heteroatoms. The predicted molar refractivity (Wildman–Crippen MR) is 97.3 cm³/mol. The number of anilines is 1. The number of nitrogens with one attached hydrogen (secondary N) is 1. The van der Waals surface area contributed by atoms with Crippen molar-refractivity contribution in [2.24, 2.45) is 5.92 Å². The fourth-order valence-corrected chi connectivity index (χ4v) is 3.23. The fraction of sp³-hybridized carbons (Fsp3) is 0.579. The second-order valence-electron chi connectivity index (χ2n) is 7.16. The largest absolute Gasteiger partial charge is 0.393 e. The Labute approximate surface area is 157 Å². The smallest absolute Gasteiger partial charge is 0.335 e. The van der Waals surface area contributed by atoms with E-state index in [1.165, 1.54) is 11.9 Å². The van der Waals surface area contributed by atoms with Crippen molar-refractivity contribution in [2.45, 2.75) is 38.9 Å². The Balaban J connectivity index is 1.89. The van der Waals surface area contributed by atoms with E-state index < -0.39 is 18.1 Å². The lowest BCUT2D eigenvalue weighted by Crippen LogP contribution is -2.52. The van der Waals surface area contributed by atoms with Crippen molar-refractivity contribution in [2.75, 3.05) is 32.0 Å². The van der Waals surface area contributed by atoms with E-state index in [1.54, 1.807) is 24.0 Å². The maximum atomic E-state index is 13.0. The molecule has 0 bridgehead atoms. The van der Waals surface area contributed by atoms with Crippen LogP contribution in [-0.2, 0) is 9.59 Å². The number of likely N-dealkylation sites (tertiary alicyclic amines) is 1. The molecule has 2 rings (SSSR count). The van der Waals surface area contributed by atoms with Gasteiger partial charge in [-0.05, 0) is 45.4 Å². The average Bonchev–Trinajstić information content (AvgIpc) is 2.61. The molecular weight excluding hydrogens is 359 g/mol. The minimum absolute atomic E-state index is 0.0930. The van der Waals surface area contributed by atoms with E-state index in [1.807, 2.05) is 19.1 Å². The second kappa shape index (κ2) is 8.73. The van der Waals surface area contributed by atoms with Crippen LogP contribution in [0, 0.1) is 12.8 Å². The van der Waals surface area contributed by atoms with E-state index >= 15 is 0 Å². The van der Waals surface area contributed by atoms with Crippen molar-refractivity contribution in [1.82, 2.24) is 9.80 Å². The zero-order valence-electron chi connectivity index (χ0n) is 15.8. The summed E-state index contributed by atoms with van der Waals surface area (Å²) in [6, 6.07) is 6.55. The number of alkyl halides is 3. The zero-order valence-corrected chi connectivity index (χ0v) is 15.8. The molecule has 0 saturated carbocycles. The average molecular weight is 385 g/mol. The van der Waals surface area contributed by atoms with Gasteiger partial charge in [0.2, 0.25) is 11.8 Å². The van der Waals surface area contributed by atoms with Crippen LogP contribution in [0.3, 0.4) is 0 Å². The lowest BCUT2D eigenvalue weighted by atomic mass is 9.96. The molecule has 1 aliphatic rings. The SMILES string of the molecule is Cc1ccc(NC(=O)CN(C)C(=O)[C@H](C)N2CCC[C@H](C(F)(F)F)C2)cc1. The van der Waals surface area contributed by atoms with Gasteiger partial charge in [0.05, 0.1) is 18.5 Å². The number of rotatable bonds is 5. The van der Waals surface area contributed by atoms with Gasteiger partial charge in [-0.25, -0.2) is 0 Å². The molecule has 1 aromatic rings. The standard InChI is InChI=1S/C19H26F3N3O2/c1-13-6-8-16(9-7-13)23-17(26)12-24(3)18(27)14(2)25-10-4-5-15(11-25)19(20,21)22/h6-9,14-15H,4-5,10-12H2,1-3H3,(H,23,26)/t14-,15-/m0/s1. The molecule has 2 amide bonds. The zero-order chi connectivity index (χ0) is 20.2. The number of carbonyl (C=O) groups excluding carboxylic acids is 2. The van der Waals surface area contributed by atoms with Gasteiger partial charge < -0.3 is 10.2 Å². The van der Waals surface area contributed by atoms with Gasteiger partial charge in [0, 0.05) is 19.3 Å². The summed E-state index contributed by atoms with van der Waals surface area (Å²) in [5.74, 6) is -2.12. The predicted octanol–water partition coefficient (Wildman–Crippen LogP) is 3.05. The summed E-state index contributed by atoms with van der Waals surface area (Å²) in [7, 11) is 1.48. The van der Waals surface area contributed by atoms with Crippen molar-refractivity contribution in [1.29, 1.82) is 0 Å². The van der Waals surface area contributed by atoms with Gasteiger partial charge in [-0.3, -0.25) is 14.5 Å². The molecule has 1 aliphatic heterocycles. The number of aryl methyl sites for hydroxylation is 1. The van der Waals surface area contributed by atoms with Gasteiger partial charge in [0.15, 0.2) is 0 Å². The van der Waals surface area contributed by atoms with E-state index in [2.05, 4.69) is 5.32 Å². The molecule has 1 fully saturated rings. The molecule has 0 radical (unpaired) electrons. The number of halogens is 3. The molecule has 0 aromatic heterocycles. The number of piperidine rings is 1. The van der Waals surface area contributed by atoms with Crippen LogP contribution in [0.2, 0.25) is 0 Å². The molecule has 0 unspecified atom stereocenters. The number of benzene rings is 1. The van der Waals surface area contributed by atoms with Crippen molar-refractivity contribution < 1.29 is 22.8 Å². The number of hydrogen-bond acceptors (Lipinski definition) is 3. The van der Waals surface area contributed by atoms with Crippen LogP contribution < -0.4 is 5.32 Å². The van der Waals surface area contributed by atoms with E-state index in [0.29, 0.717) is 18.7 Å². The van der Waals surface area contributed by atoms with Crippen molar-refractivity contribution in [3.63, 3.8) is 0 Å². The van der Waals surface area contributed by atoms with E-state index in [4.69, 9.17) is 0 Å². The number of likely N-dealkylation sites (N-methyl/N-ethyl adjacent to an activating group) is 1. The van der Waals surface area contributed by atoms with Gasteiger partial charge in [-0.2, -0.15) is 13.2 Å². The molecule has 150 valence electrons. The van der Waals surface area contributed by atoms with Gasteiger partial charge in [-0.15, -0.1) is 0 Å². The molecule has 1 N–H and O–H groups in total. The van der Waals surface area contributed by atoms with E-state index in [-0.39, 0.29) is 31.3 Å². The normalized spacial score (nSPS) is 19.4. The van der Waals surface area contributed by atoms with E-state index in [0.717, 1.165) is 5.56 Å². The highest BCUT2D eigenvalue weighted by Gasteiger charge is 2.43. The van der Waals surface area contributed by atoms with Gasteiger partial charge in [0.1, 0.15) is 0 Å². The third-order valence-corrected chi connectivity index (χ3v) is 4.91. The maximum Gasteiger partial charge on any atom is 0.393 e. The minimum Gasteiger partial charge on any atom is -0.335 e. The lowest BCUT2D eigenvalue weighted by Gasteiger charge is -2.37. The molecular formula is C19H26F3N3O2. The van der Waals surface area contributed by atoms with Crippen LogP contribution in [0.25, 0.3) is 0 Å². The summed E-state index contributed by atoms with van der Waals surface area (Å²) in [4.78, 5) is 27.5. The first-order chi connectivity index (χ1) is 12.6. The summed E-state index contributed by atoms with van der Waals surface area (Å²) in [6.45, 7) is 3.63. The second-order valence-corrected chi connectivity index (χ2v) is 7.16. The third-order valence-electron chi connectivity index (χ3n) is 4.91. The molecule has 1 heterocycles. The molecule has 2 atom stereocenters. The molecule has 1 aromatic carbocycles. The maximum absolute atomic E-state index is 13.0. The summed E-state index contributed by atoms with van der Waals surface area (Å²) in [5.41, 5.74) is 1.69. The van der Waals surface area contributed by atoms with Crippen LogP contribution in [-0.4, -0.2) is 60.5 Å². The van der Waals surface area contributed by atoms with Crippen LogP contribution in [0.1, 0.15) is 25.3 Å². The molecule has 5 nitrogen and oxygen atoms in total. The van der Waals surface area contributed by atoms with Crippen molar-refractivity contribution in [3.05, 3.63) is 29.8 Å². The highest BCUT2D eigenvalue weighted by molar-refractivity contribution is 5.95. The van der Waals surface area contributed by atoms with E-state index in [9.17, 15) is 22.8 Å². The van der Waals surface area contributed by atoms with Crippen LogP contribution in [0.15, 0.2) is 24.3 Å². The number of nitrogens with zero attached hydrogens (tertiary/aromatic N) is 2. The van der Waals surface area contributed by atoms with Gasteiger partial charge >= 0.3 is 6.18 Å². The number of carbonyl (C=O) groups is 2. The summed E-state index contributed by atoms with van der Waals surface area (Å²) < 4.78 is 38.9. The highest BCUT2D eigenvalue weighted by Crippen LogP contribution is 2.33. The molecule has 1 saturated heterocycles. The molecule has 27 heavy (non-hydrogen) atoms. The minimum atomic E-state index is -4.25. The molecule has 0 spiro atoms.